The third-order valence-corrected chi connectivity index (χ3v) is 3.32. The Morgan fingerprint density at radius 3 is 2.56 bits per heavy atom. The van der Waals surface area contributed by atoms with E-state index in [1.54, 1.807) is 6.20 Å². The molecule has 0 N–H and O–H groups in total. The van der Waals surface area contributed by atoms with Gasteiger partial charge < -0.3 is 0 Å². The number of halogens is 1. The molecule has 0 saturated heterocycles. The summed E-state index contributed by atoms with van der Waals surface area (Å²) in [5.41, 5.74) is 4.69. The van der Waals surface area contributed by atoms with Crippen LogP contribution in [0.1, 0.15) is 5.56 Å². The maximum Gasteiger partial charge on any atom is 0.0894 e. The summed E-state index contributed by atoms with van der Waals surface area (Å²) in [4.78, 5) is 9.00. The molecule has 3 heteroatoms. The lowest BCUT2D eigenvalue weighted by atomic mass is 10.1. The minimum atomic E-state index is 0.752. The molecule has 0 aliphatic rings. The van der Waals surface area contributed by atoms with Crippen LogP contribution in [0.2, 0.25) is 5.02 Å². The number of nitrogens with zero attached hydrogens (tertiary/aromatic N) is 2. The van der Waals surface area contributed by atoms with Gasteiger partial charge in [-0.1, -0.05) is 35.9 Å². The Balaban J connectivity index is 2.16. The highest BCUT2D eigenvalue weighted by atomic mass is 35.5. The average molecular weight is 255 g/mol. The molecule has 3 rings (SSSR count). The summed E-state index contributed by atoms with van der Waals surface area (Å²) in [5, 5.41) is 0.752. The minimum Gasteiger partial charge on any atom is -0.252 e. The molecule has 0 unspecified atom stereocenters. The largest absolute Gasteiger partial charge is 0.252 e. The summed E-state index contributed by atoms with van der Waals surface area (Å²) < 4.78 is 0. The van der Waals surface area contributed by atoms with Crippen LogP contribution < -0.4 is 0 Å². The number of rotatable bonds is 1. The number of aromatic nitrogens is 2. The van der Waals surface area contributed by atoms with Crippen molar-refractivity contribution in [3.05, 3.63) is 59.2 Å². The van der Waals surface area contributed by atoms with Gasteiger partial charge in [-0.3, -0.25) is 4.98 Å². The van der Waals surface area contributed by atoms with Crippen LogP contribution in [0.5, 0.6) is 0 Å². The van der Waals surface area contributed by atoms with Gasteiger partial charge in [0.2, 0.25) is 0 Å². The van der Waals surface area contributed by atoms with E-state index in [4.69, 9.17) is 11.6 Å². The predicted octanol–water partition coefficient (Wildman–Crippen LogP) is 4.26. The number of para-hydroxylation sites is 2. The van der Waals surface area contributed by atoms with E-state index in [-0.39, 0.29) is 0 Å². The molecule has 0 saturated carbocycles. The van der Waals surface area contributed by atoms with Gasteiger partial charge in [0.05, 0.1) is 22.9 Å². The molecule has 0 amide bonds. The monoisotopic (exact) mass is 254 g/mol. The second-order valence-electron chi connectivity index (χ2n) is 4.21. The van der Waals surface area contributed by atoms with Gasteiger partial charge in [0, 0.05) is 10.6 Å². The third kappa shape index (κ3) is 1.95. The molecular formula is C15H11ClN2. The fraction of sp³-hybridized carbons (Fsp3) is 0.0667. The van der Waals surface area contributed by atoms with Gasteiger partial charge in [0.1, 0.15) is 0 Å². The zero-order valence-electron chi connectivity index (χ0n) is 9.89. The van der Waals surface area contributed by atoms with Crippen molar-refractivity contribution in [2.75, 3.05) is 0 Å². The van der Waals surface area contributed by atoms with E-state index >= 15 is 0 Å². The molecule has 88 valence electrons. The number of aryl methyl sites for hydroxylation is 1. The predicted molar refractivity (Wildman–Crippen MR) is 74.7 cm³/mol. The fourth-order valence-corrected chi connectivity index (χ4v) is 2.03. The van der Waals surface area contributed by atoms with Crippen LogP contribution >= 0.6 is 11.6 Å². The van der Waals surface area contributed by atoms with E-state index in [0.29, 0.717) is 0 Å². The second-order valence-corrected chi connectivity index (χ2v) is 4.62. The maximum absolute atomic E-state index is 6.13. The highest BCUT2D eigenvalue weighted by Crippen LogP contribution is 2.24. The first kappa shape index (κ1) is 11.2. The third-order valence-electron chi connectivity index (χ3n) is 2.92. The first-order chi connectivity index (χ1) is 8.74. The topological polar surface area (TPSA) is 25.8 Å². The summed E-state index contributed by atoms with van der Waals surface area (Å²) >= 11 is 6.13. The summed E-state index contributed by atoms with van der Waals surface area (Å²) in [6.45, 7) is 1.98. The molecule has 18 heavy (non-hydrogen) atoms. The van der Waals surface area contributed by atoms with Crippen molar-refractivity contribution in [1.29, 1.82) is 0 Å². The maximum atomic E-state index is 6.13. The van der Waals surface area contributed by atoms with Crippen molar-refractivity contribution in [1.82, 2.24) is 9.97 Å². The SMILES string of the molecule is Cc1ccc(-c2cnc3ccccc3n2)cc1Cl. The van der Waals surface area contributed by atoms with E-state index in [2.05, 4.69) is 9.97 Å². The first-order valence-corrected chi connectivity index (χ1v) is 6.10. The number of hydrogen-bond acceptors (Lipinski definition) is 2. The van der Waals surface area contributed by atoms with Gasteiger partial charge in [-0.05, 0) is 30.7 Å². The number of fused-ring (bicyclic) bond motifs is 1. The van der Waals surface area contributed by atoms with Crippen molar-refractivity contribution in [3.8, 4) is 11.3 Å². The molecule has 1 aromatic heterocycles. The standard InChI is InChI=1S/C15H11ClN2/c1-10-6-7-11(8-12(10)16)15-9-17-13-4-2-3-5-14(13)18-15/h2-9H,1H3. The highest BCUT2D eigenvalue weighted by molar-refractivity contribution is 6.31. The van der Waals surface area contributed by atoms with Crippen molar-refractivity contribution < 1.29 is 0 Å². The lowest BCUT2D eigenvalue weighted by Crippen LogP contribution is -1.88. The zero-order valence-corrected chi connectivity index (χ0v) is 10.6. The van der Waals surface area contributed by atoms with Crippen LogP contribution in [0.4, 0.5) is 0 Å². The van der Waals surface area contributed by atoms with Crippen LogP contribution in [0, 0.1) is 6.92 Å². The summed E-state index contributed by atoms with van der Waals surface area (Å²) in [6.07, 6.45) is 1.78. The summed E-state index contributed by atoms with van der Waals surface area (Å²) in [6, 6.07) is 13.8. The van der Waals surface area contributed by atoms with Gasteiger partial charge >= 0.3 is 0 Å². The van der Waals surface area contributed by atoms with Crippen molar-refractivity contribution in [2.45, 2.75) is 6.92 Å². The summed E-state index contributed by atoms with van der Waals surface area (Å²) in [5.74, 6) is 0. The minimum absolute atomic E-state index is 0.752. The molecule has 2 nitrogen and oxygen atoms in total. The van der Waals surface area contributed by atoms with E-state index in [1.165, 1.54) is 0 Å². The van der Waals surface area contributed by atoms with Gasteiger partial charge in [0.25, 0.3) is 0 Å². The molecule has 0 bridgehead atoms. The average Bonchev–Trinajstić information content (AvgIpc) is 2.41. The molecule has 0 radical (unpaired) electrons. The quantitative estimate of drug-likeness (QED) is 0.648. The smallest absolute Gasteiger partial charge is 0.0894 e. The molecule has 0 aliphatic heterocycles. The number of hydrogen-bond donors (Lipinski definition) is 0. The Kier molecular flexibility index (Phi) is 2.73. The Morgan fingerprint density at radius 2 is 1.78 bits per heavy atom. The van der Waals surface area contributed by atoms with Crippen molar-refractivity contribution in [2.24, 2.45) is 0 Å². The van der Waals surface area contributed by atoms with E-state index in [9.17, 15) is 0 Å². The van der Waals surface area contributed by atoms with Crippen LogP contribution in [0.3, 0.4) is 0 Å². The fourth-order valence-electron chi connectivity index (χ4n) is 1.85. The molecule has 0 atom stereocenters. The second kappa shape index (κ2) is 4.39. The molecule has 3 aromatic rings. The molecule has 1 heterocycles. The van der Waals surface area contributed by atoms with Gasteiger partial charge in [-0.2, -0.15) is 0 Å². The van der Waals surface area contributed by atoms with E-state index < -0.39 is 0 Å². The summed E-state index contributed by atoms with van der Waals surface area (Å²) in [7, 11) is 0. The normalized spacial score (nSPS) is 10.8. The van der Waals surface area contributed by atoms with Gasteiger partial charge in [-0.15, -0.1) is 0 Å². The Hall–Kier alpha value is -1.93. The Bertz CT molecular complexity index is 723. The van der Waals surface area contributed by atoms with Crippen LogP contribution in [0.25, 0.3) is 22.3 Å². The Labute approximate surface area is 110 Å². The van der Waals surface area contributed by atoms with Gasteiger partial charge in [0.15, 0.2) is 0 Å². The molecule has 0 aliphatic carbocycles. The molecular weight excluding hydrogens is 244 g/mol. The molecule has 0 spiro atoms. The highest BCUT2D eigenvalue weighted by Gasteiger charge is 2.04. The molecule has 0 fully saturated rings. The van der Waals surface area contributed by atoms with Crippen molar-refractivity contribution in [3.63, 3.8) is 0 Å². The van der Waals surface area contributed by atoms with Crippen molar-refractivity contribution >= 4 is 22.6 Å². The van der Waals surface area contributed by atoms with E-state index in [0.717, 1.165) is 32.9 Å². The van der Waals surface area contributed by atoms with Crippen LogP contribution in [-0.2, 0) is 0 Å². The lowest BCUT2D eigenvalue weighted by molar-refractivity contribution is 1.29. The van der Waals surface area contributed by atoms with Crippen LogP contribution in [0.15, 0.2) is 48.7 Å². The van der Waals surface area contributed by atoms with Crippen LogP contribution in [-0.4, -0.2) is 9.97 Å². The Morgan fingerprint density at radius 1 is 1.00 bits per heavy atom. The zero-order chi connectivity index (χ0) is 12.5. The number of benzene rings is 2. The molecule has 2 aromatic carbocycles. The van der Waals surface area contributed by atoms with Gasteiger partial charge in [-0.25, -0.2) is 4.98 Å². The lowest BCUT2D eigenvalue weighted by Gasteiger charge is -2.04. The van der Waals surface area contributed by atoms with E-state index in [1.807, 2.05) is 49.4 Å². The first-order valence-electron chi connectivity index (χ1n) is 5.72.